The maximum Gasteiger partial charge on any atom is 0.338 e. The molecule has 0 fully saturated rings. The predicted octanol–water partition coefficient (Wildman–Crippen LogP) is 3.40. The van der Waals surface area contributed by atoms with Crippen molar-refractivity contribution in [2.24, 2.45) is 0 Å². The van der Waals surface area contributed by atoms with Crippen molar-refractivity contribution in [2.45, 2.75) is 17.6 Å². The number of rotatable bonds is 6. The molecule has 0 heterocycles. The van der Waals surface area contributed by atoms with E-state index in [4.69, 9.17) is 16.3 Å². The van der Waals surface area contributed by atoms with Crippen LogP contribution < -0.4 is 0 Å². The van der Waals surface area contributed by atoms with Gasteiger partial charge in [-0.2, -0.15) is 0 Å². The predicted molar refractivity (Wildman–Crippen MR) is 91.4 cm³/mol. The Labute approximate surface area is 149 Å². The minimum atomic E-state index is -3.81. The molecule has 9 heteroatoms. The van der Waals surface area contributed by atoms with Crippen molar-refractivity contribution in [1.29, 1.82) is 0 Å². The number of nitrogens with zero attached hydrogens (tertiary/aromatic N) is 1. The van der Waals surface area contributed by atoms with Crippen molar-refractivity contribution in [3.05, 3.63) is 68.7 Å². The Bertz CT molecular complexity index is 909. The van der Waals surface area contributed by atoms with Gasteiger partial charge < -0.3 is 4.74 Å². The fourth-order valence-electron chi connectivity index (χ4n) is 2.13. The van der Waals surface area contributed by atoms with E-state index in [1.165, 1.54) is 36.4 Å². The van der Waals surface area contributed by atoms with Gasteiger partial charge in [0, 0.05) is 16.7 Å². The van der Waals surface area contributed by atoms with Crippen LogP contribution in [0.3, 0.4) is 0 Å². The van der Waals surface area contributed by atoms with Gasteiger partial charge in [-0.1, -0.05) is 17.7 Å². The van der Waals surface area contributed by atoms with Crippen LogP contribution >= 0.6 is 11.6 Å². The van der Waals surface area contributed by atoms with E-state index in [1.807, 2.05) is 0 Å². The first-order chi connectivity index (χ1) is 11.7. The van der Waals surface area contributed by atoms with Crippen molar-refractivity contribution < 1.29 is 22.9 Å². The molecule has 25 heavy (non-hydrogen) atoms. The van der Waals surface area contributed by atoms with Gasteiger partial charge >= 0.3 is 5.97 Å². The highest BCUT2D eigenvalue weighted by atomic mass is 35.5. The van der Waals surface area contributed by atoms with E-state index in [0.29, 0.717) is 5.02 Å². The highest BCUT2D eigenvalue weighted by Crippen LogP contribution is 2.26. The number of carbonyl (C=O) groups is 1. The average molecular weight is 384 g/mol. The lowest BCUT2D eigenvalue weighted by molar-refractivity contribution is -0.385. The Hall–Kier alpha value is -2.45. The third-order valence-corrected chi connectivity index (χ3v) is 5.24. The maximum absolute atomic E-state index is 12.5. The molecule has 0 spiro atoms. The molecule has 0 atom stereocenters. The van der Waals surface area contributed by atoms with Crippen LogP contribution in [-0.2, 0) is 20.3 Å². The smallest absolute Gasteiger partial charge is 0.338 e. The first-order valence-electron chi connectivity index (χ1n) is 7.17. The molecule has 2 rings (SSSR count). The molecule has 0 N–H and O–H groups in total. The molecule has 0 aliphatic heterocycles. The summed E-state index contributed by atoms with van der Waals surface area (Å²) < 4.78 is 29.7. The van der Waals surface area contributed by atoms with Gasteiger partial charge in [0.2, 0.25) is 0 Å². The van der Waals surface area contributed by atoms with E-state index >= 15 is 0 Å². The average Bonchev–Trinajstić information content (AvgIpc) is 2.55. The van der Waals surface area contributed by atoms with Crippen molar-refractivity contribution in [2.75, 3.05) is 6.61 Å². The van der Waals surface area contributed by atoms with Crippen molar-refractivity contribution in [3.63, 3.8) is 0 Å². The monoisotopic (exact) mass is 383 g/mol. The molecule has 2 aromatic rings. The zero-order chi connectivity index (χ0) is 18.6. The van der Waals surface area contributed by atoms with Gasteiger partial charge in [-0.3, -0.25) is 10.1 Å². The summed E-state index contributed by atoms with van der Waals surface area (Å²) in [6, 6.07) is 9.08. The van der Waals surface area contributed by atoms with Crippen LogP contribution in [0.5, 0.6) is 0 Å². The first-order valence-corrected chi connectivity index (χ1v) is 9.20. The number of halogens is 1. The summed E-state index contributed by atoms with van der Waals surface area (Å²) in [5.74, 6) is -1.29. The van der Waals surface area contributed by atoms with E-state index in [2.05, 4.69) is 0 Å². The summed E-state index contributed by atoms with van der Waals surface area (Å²) in [4.78, 5) is 22.2. The lowest BCUT2D eigenvalue weighted by Crippen LogP contribution is -2.09. The van der Waals surface area contributed by atoms with Gasteiger partial charge in [0.05, 0.1) is 27.7 Å². The number of benzene rings is 2. The molecule has 0 aliphatic rings. The number of hydrogen-bond donors (Lipinski definition) is 0. The second-order valence-electron chi connectivity index (χ2n) is 5.03. The van der Waals surface area contributed by atoms with Gasteiger partial charge in [0.25, 0.3) is 5.69 Å². The van der Waals surface area contributed by atoms with Crippen molar-refractivity contribution in [1.82, 2.24) is 0 Å². The molecule has 0 radical (unpaired) electrons. The minimum absolute atomic E-state index is 0.000618. The lowest BCUT2D eigenvalue weighted by atomic mass is 10.1. The maximum atomic E-state index is 12.5. The van der Waals surface area contributed by atoms with E-state index in [-0.39, 0.29) is 22.6 Å². The number of nitro benzene ring substituents is 1. The lowest BCUT2D eigenvalue weighted by Gasteiger charge is -2.07. The van der Waals surface area contributed by atoms with Crippen LogP contribution in [0.4, 0.5) is 5.69 Å². The molecule has 2 aromatic carbocycles. The highest BCUT2D eigenvalue weighted by molar-refractivity contribution is 7.90. The summed E-state index contributed by atoms with van der Waals surface area (Å²) in [6.07, 6.45) is 0. The number of nitro groups is 1. The number of ether oxygens (including phenoxy) is 1. The van der Waals surface area contributed by atoms with E-state index in [9.17, 15) is 23.3 Å². The number of sulfone groups is 1. The van der Waals surface area contributed by atoms with Crippen molar-refractivity contribution >= 4 is 33.1 Å². The molecule has 0 unspecified atom stereocenters. The highest BCUT2D eigenvalue weighted by Gasteiger charge is 2.24. The number of esters is 1. The Morgan fingerprint density at radius 1 is 1.20 bits per heavy atom. The van der Waals surface area contributed by atoms with Gasteiger partial charge in [-0.05, 0) is 37.3 Å². The van der Waals surface area contributed by atoms with Crippen LogP contribution in [0.2, 0.25) is 5.02 Å². The summed E-state index contributed by atoms with van der Waals surface area (Å²) in [5, 5.41) is 11.6. The normalized spacial score (nSPS) is 11.1. The van der Waals surface area contributed by atoms with Crippen LogP contribution in [0.1, 0.15) is 22.8 Å². The molecular formula is C16H14ClNO6S. The molecule has 7 nitrogen and oxygen atoms in total. The van der Waals surface area contributed by atoms with E-state index < -0.39 is 32.2 Å². The van der Waals surface area contributed by atoms with Crippen LogP contribution in [0, 0.1) is 10.1 Å². The molecular weight excluding hydrogens is 370 g/mol. The fourth-order valence-corrected chi connectivity index (χ4v) is 3.62. The quantitative estimate of drug-likeness (QED) is 0.430. The summed E-state index contributed by atoms with van der Waals surface area (Å²) in [5.41, 5.74) is -0.489. The SMILES string of the molecule is CCOC(=O)c1ccc(CS(=O)(=O)c2ccc(Cl)cc2)c([N+](=O)[O-])c1. The standard InChI is InChI=1S/C16H14ClNO6S/c1-2-24-16(19)11-3-4-12(15(9-11)18(20)21)10-25(22,23)14-7-5-13(17)6-8-14/h3-9H,2,10H2,1H3. The summed E-state index contributed by atoms with van der Waals surface area (Å²) >= 11 is 5.73. The van der Waals surface area contributed by atoms with Crippen LogP contribution in [0.25, 0.3) is 0 Å². The fraction of sp³-hybridized carbons (Fsp3) is 0.188. The Kier molecular flexibility index (Phi) is 5.76. The zero-order valence-electron chi connectivity index (χ0n) is 13.1. The summed E-state index contributed by atoms with van der Waals surface area (Å²) in [7, 11) is -3.81. The summed E-state index contributed by atoms with van der Waals surface area (Å²) in [6.45, 7) is 1.73. The van der Waals surface area contributed by atoms with Gasteiger partial charge in [-0.25, -0.2) is 13.2 Å². The van der Waals surface area contributed by atoms with Gasteiger partial charge in [0.15, 0.2) is 9.84 Å². The Morgan fingerprint density at radius 2 is 1.84 bits per heavy atom. The number of carbonyl (C=O) groups excluding carboxylic acids is 1. The molecule has 0 saturated carbocycles. The second kappa shape index (κ2) is 7.62. The zero-order valence-corrected chi connectivity index (χ0v) is 14.7. The van der Waals surface area contributed by atoms with Crippen molar-refractivity contribution in [3.8, 4) is 0 Å². The third-order valence-electron chi connectivity index (χ3n) is 3.31. The first kappa shape index (κ1) is 18.9. The second-order valence-corrected chi connectivity index (χ2v) is 7.46. The molecule has 0 bridgehead atoms. The third kappa shape index (κ3) is 4.55. The topological polar surface area (TPSA) is 104 Å². The molecule has 0 saturated heterocycles. The molecule has 0 aliphatic carbocycles. The Balaban J connectivity index is 2.40. The van der Waals surface area contributed by atoms with Gasteiger partial charge in [-0.15, -0.1) is 0 Å². The molecule has 0 amide bonds. The molecule has 132 valence electrons. The Morgan fingerprint density at radius 3 is 2.40 bits per heavy atom. The van der Waals surface area contributed by atoms with Crippen LogP contribution in [0.15, 0.2) is 47.4 Å². The van der Waals surface area contributed by atoms with Gasteiger partial charge in [0.1, 0.15) is 0 Å². The van der Waals surface area contributed by atoms with Crippen LogP contribution in [-0.4, -0.2) is 25.9 Å². The largest absolute Gasteiger partial charge is 0.462 e. The minimum Gasteiger partial charge on any atom is -0.462 e. The number of hydrogen-bond acceptors (Lipinski definition) is 6. The molecule has 0 aromatic heterocycles. The van der Waals surface area contributed by atoms with E-state index in [0.717, 1.165) is 6.07 Å². The van der Waals surface area contributed by atoms with E-state index in [1.54, 1.807) is 6.92 Å².